The van der Waals surface area contributed by atoms with Crippen molar-refractivity contribution < 1.29 is 41.3 Å². The highest BCUT2D eigenvalue weighted by Crippen LogP contribution is 2.43. The minimum Gasteiger partial charge on any atom is -0.392 e. The van der Waals surface area contributed by atoms with Crippen LogP contribution in [0.2, 0.25) is 0 Å². The van der Waals surface area contributed by atoms with E-state index in [9.17, 15) is 31.9 Å². The van der Waals surface area contributed by atoms with E-state index in [1.54, 1.807) is 22.9 Å². The van der Waals surface area contributed by atoms with Gasteiger partial charge in [-0.2, -0.15) is 4.68 Å². The first-order chi connectivity index (χ1) is 23.2. The quantitative estimate of drug-likeness (QED) is 0.0766. The van der Waals surface area contributed by atoms with Gasteiger partial charge >= 0.3 is 0 Å². The van der Waals surface area contributed by atoms with Gasteiger partial charge in [0.15, 0.2) is 29.6 Å². The lowest BCUT2D eigenvalue weighted by Gasteiger charge is -2.41. The standard InChI is InChI=1S/C33H26F5N5O4S/c1-17-23(16-48-33-40-41-42-43(33)22-8-3-2-4-9-22)46-32(47-30(17)19-12-10-18(15-44)11-13-19)20-6-5-7-21(14-20)39-31(45)24-25(34)27(36)29(38)28(37)26(24)35/h2-14,17,23,30,32,44H,15-16H2,1H3,(H,39,45)/t17-,23+,30+,32+/m1/s1. The summed E-state index contributed by atoms with van der Waals surface area (Å²) in [6.45, 7) is 1.83. The first kappa shape index (κ1) is 33.2. The molecule has 6 rings (SSSR count). The van der Waals surface area contributed by atoms with Crippen molar-refractivity contribution in [2.75, 3.05) is 11.1 Å². The molecule has 2 N–H and O–H groups in total. The molecule has 48 heavy (non-hydrogen) atoms. The van der Waals surface area contributed by atoms with Gasteiger partial charge in [0, 0.05) is 22.9 Å². The molecule has 1 fully saturated rings. The molecule has 0 radical (unpaired) electrons. The third kappa shape index (κ3) is 6.67. The Morgan fingerprint density at radius 1 is 0.875 bits per heavy atom. The van der Waals surface area contributed by atoms with Gasteiger partial charge < -0.3 is 19.9 Å². The molecule has 1 saturated heterocycles. The number of nitrogens with one attached hydrogen (secondary N) is 1. The summed E-state index contributed by atoms with van der Waals surface area (Å²) in [7, 11) is 0. The summed E-state index contributed by atoms with van der Waals surface area (Å²) in [5.74, 6) is -12.7. The Labute approximate surface area is 274 Å². The number of benzene rings is 4. The lowest BCUT2D eigenvalue weighted by molar-refractivity contribution is -0.268. The van der Waals surface area contributed by atoms with E-state index in [4.69, 9.17) is 9.47 Å². The number of anilines is 1. The van der Waals surface area contributed by atoms with Gasteiger partial charge in [-0.3, -0.25) is 4.79 Å². The predicted octanol–water partition coefficient (Wildman–Crippen LogP) is 6.69. The van der Waals surface area contributed by atoms with Crippen molar-refractivity contribution in [3.05, 3.63) is 130 Å². The van der Waals surface area contributed by atoms with E-state index in [1.165, 1.54) is 30.0 Å². The highest BCUT2D eigenvalue weighted by Gasteiger charge is 2.39. The van der Waals surface area contributed by atoms with Crippen LogP contribution in [0, 0.1) is 35.0 Å². The zero-order valence-corrected chi connectivity index (χ0v) is 25.8. The van der Waals surface area contributed by atoms with Gasteiger partial charge in [-0.05, 0) is 45.8 Å². The van der Waals surface area contributed by atoms with E-state index in [-0.39, 0.29) is 18.2 Å². The van der Waals surface area contributed by atoms with Crippen molar-refractivity contribution in [3.63, 3.8) is 0 Å². The Morgan fingerprint density at radius 3 is 2.25 bits per heavy atom. The van der Waals surface area contributed by atoms with Crippen LogP contribution in [0.5, 0.6) is 0 Å². The van der Waals surface area contributed by atoms with Crippen molar-refractivity contribution in [3.8, 4) is 5.69 Å². The molecule has 2 heterocycles. The molecule has 9 nitrogen and oxygen atoms in total. The number of carbonyl (C=O) groups excluding carboxylic acids is 1. The van der Waals surface area contributed by atoms with E-state index in [0.717, 1.165) is 11.3 Å². The molecule has 0 unspecified atom stereocenters. The second kappa shape index (κ2) is 14.2. The topological polar surface area (TPSA) is 111 Å². The van der Waals surface area contributed by atoms with Crippen LogP contribution in [0.3, 0.4) is 0 Å². The fourth-order valence-corrected chi connectivity index (χ4v) is 6.28. The number of thioether (sulfide) groups is 1. The van der Waals surface area contributed by atoms with Crippen LogP contribution in [0.15, 0.2) is 84.0 Å². The molecule has 0 aliphatic carbocycles. The minimum atomic E-state index is -2.37. The van der Waals surface area contributed by atoms with Crippen LogP contribution in [-0.4, -0.2) is 43.1 Å². The number of carbonyl (C=O) groups is 1. The number of hydrogen-bond donors (Lipinski definition) is 2. The maximum Gasteiger partial charge on any atom is 0.261 e. The van der Waals surface area contributed by atoms with Gasteiger partial charge in [-0.15, -0.1) is 5.10 Å². The number of halogens is 5. The molecule has 4 atom stereocenters. The molecule has 5 aromatic rings. The molecule has 15 heteroatoms. The summed E-state index contributed by atoms with van der Waals surface area (Å²) in [6.07, 6.45) is -1.95. The van der Waals surface area contributed by atoms with E-state index in [1.807, 2.05) is 49.4 Å². The predicted molar refractivity (Wildman–Crippen MR) is 163 cm³/mol. The first-order valence-corrected chi connectivity index (χ1v) is 15.5. The van der Waals surface area contributed by atoms with Crippen molar-refractivity contribution in [1.82, 2.24) is 20.2 Å². The van der Waals surface area contributed by atoms with Gasteiger partial charge in [-0.1, -0.05) is 73.3 Å². The summed E-state index contributed by atoms with van der Waals surface area (Å²) in [5.41, 5.74) is 1.08. The number of ether oxygens (including phenoxy) is 2. The minimum absolute atomic E-state index is 0.0101. The number of tetrazole rings is 1. The molecule has 1 aliphatic heterocycles. The second-order valence-electron chi connectivity index (χ2n) is 10.9. The molecule has 0 spiro atoms. The SMILES string of the molecule is C[C@@H]1[C@H](CSc2nnnn2-c2ccccc2)O[C@H](c2cccc(NC(=O)c3c(F)c(F)c(F)c(F)c3F)c2)O[C@@H]1c1ccc(CO)cc1. The number of nitrogens with zero attached hydrogens (tertiary/aromatic N) is 4. The van der Waals surface area contributed by atoms with Crippen LogP contribution < -0.4 is 5.32 Å². The van der Waals surface area contributed by atoms with Crippen molar-refractivity contribution in [1.29, 1.82) is 0 Å². The lowest BCUT2D eigenvalue weighted by Crippen LogP contribution is -2.38. The Morgan fingerprint density at radius 2 is 1.56 bits per heavy atom. The maximum atomic E-state index is 14.3. The highest BCUT2D eigenvalue weighted by atomic mass is 32.2. The van der Waals surface area contributed by atoms with E-state index in [0.29, 0.717) is 22.0 Å². The fourth-order valence-electron chi connectivity index (χ4n) is 5.23. The molecule has 1 amide bonds. The number of aliphatic hydroxyl groups excluding tert-OH is 1. The van der Waals surface area contributed by atoms with Gasteiger partial charge in [0.2, 0.25) is 11.0 Å². The zero-order valence-electron chi connectivity index (χ0n) is 25.0. The Hall–Kier alpha value is -4.70. The van der Waals surface area contributed by atoms with Crippen molar-refractivity contribution in [2.24, 2.45) is 5.92 Å². The van der Waals surface area contributed by atoms with Crippen molar-refractivity contribution in [2.45, 2.75) is 37.2 Å². The van der Waals surface area contributed by atoms with Crippen LogP contribution in [0.1, 0.15) is 46.4 Å². The maximum absolute atomic E-state index is 14.3. The number of aromatic nitrogens is 4. The molecule has 1 aliphatic rings. The second-order valence-corrected chi connectivity index (χ2v) is 11.9. The summed E-state index contributed by atoms with van der Waals surface area (Å²) in [4.78, 5) is 12.7. The number of para-hydroxylation sites is 1. The third-order valence-electron chi connectivity index (χ3n) is 7.80. The van der Waals surface area contributed by atoms with E-state index in [2.05, 4.69) is 20.8 Å². The number of rotatable bonds is 9. The monoisotopic (exact) mass is 683 g/mol. The van der Waals surface area contributed by atoms with Gasteiger partial charge in [0.05, 0.1) is 24.5 Å². The zero-order chi connectivity index (χ0) is 33.9. The van der Waals surface area contributed by atoms with Crippen LogP contribution >= 0.6 is 11.8 Å². The largest absolute Gasteiger partial charge is 0.392 e. The molecule has 0 saturated carbocycles. The van der Waals surface area contributed by atoms with Crippen LogP contribution in [0.4, 0.5) is 27.6 Å². The average molecular weight is 684 g/mol. The van der Waals surface area contributed by atoms with Crippen molar-refractivity contribution >= 4 is 23.4 Å². The van der Waals surface area contributed by atoms with Gasteiger partial charge in [0.1, 0.15) is 5.56 Å². The number of amides is 1. The van der Waals surface area contributed by atoms with Gasteiger partial charge in [0.25, 0.3) is 5.91 Å². The van der Waals surface area contributed by atoms with Crippen LogP contribution in [0.25, 0.3) is 5.69 Å². The van der Waals surface area contributed by atoms with E-state index >= 15 is 0 Å². The highest BCUT2D eigenvalue weighted by molar-refractivity contribution is 7.99. The summed E-state index contributed by atoms with van der Waals surface area (Å²) in [5, 5.41) is 24.3. The summed E-state index contributed by atoms with van der Waals surface area (Å²) < 4.78 is 84.1. The number of hydrogen-bond acceptors (Lipinski definition) is 8. The molecular formula is C33H26F5N5O4S. The third-order valence-corrected chi connectivity index (χ3v) is 8.80. The summed E-state index contributed by atoms with van der Waals surface area (Å²) >= 11 is 1.37. The molecule has 1 aromatic heterocycles. The molecular weight excluding hydrogens is 657 g/mol. The Kier molecular flexibility index (Phi) is 9.82. The number of aliphatic hydroxyl groups is 1. The Bertz CT molecular complexity index is 1900. The fraction of sp³-hybridized carbons (Fsp3) is 0.212. The summed E-state index contributed by atoms with van der Waals surface area (Å²) in [6, 6.07) is 22.5. The van der Waals surface area contributed by atoms with Gasteiger partial charge in [-0.25, -0.2) is 22.0 Å². The Balaban J connectivity index is 1.27. The molecule has 248 valence electrons. The first-order valence-electron chi connectivity index (χ1n) is 14.6. The molecule has 0 bridgehead atoms. The normalized spacial score (nSPS) is 19.3. The smallest absolute Gasteiger partial charge is 0.261 e. The van der Waals surface area contributed by atoms with E-state index < -0.39 is 59.1 Å². The molecule has 4 aromatic carbocycles. The lowest BCUT2D eigenvalue weighted by atomic mass is 9.91. The van der Waals surface area contributed by atoms with Crippen LogP contribution in [-0.2, 0) is 16.1 Å². The average Bonchev–Trinajstić information content (AvgIpc) is 3.59.